The Morgan fingerprint density at radius 3 is 3.19 bits per heavy atom. The third kappa shape index (κ3) is 2.40. The predicted octanol–water partition coefficient (Wildman–Crippen LogP) is 1.12. The molecular weight excluding hydrogens is 228 g/mol. The summed E-state index contributed by atoms with van der Waals surface area (Å²) in [5.74, 6) is -0.745. The Bertz CT molecular complexity index is 374. The molecule has 1 aromatic rings. The molecule has 0 bridgehead atoms. The molecular formula is C10H14N2O3S. The summed E-state index contributed by atoms with van der Waals surface area (Å²) < 4.78 is 5.37. The minimum atomic E-state index is -1.04. The lowest BCUT2D eigenvalue weighted by atomic mass is 10.0. The highest BCUT2D eigenvalue weighted by Gasteiger charge is 2.22. The molecule has 2 heterocycles. The molecule has 88 valence electrons. The van der Waals surface area contributed by atoms with Gasteiger partial charge >= 0.3 is 5.97 Å². The summed E-state index contributed by atoms with van der Waals surface area (Å²) in [5.41, 5.74) is 5.94. The summed E-state index contributed by atoms with van der Waals surface area (Å²) in [6, 6.07) is -1.02. The van der Waals surface area contributed by atoms with E-state index in [0.29, 0.717) is 18.2 Å². The number of carboxylic acids is 1. The van der Waals surface area contributed by atoms with E-state index in [2.05, 4.69) is 4.98 Å². The number of aromatic nitrogens is 1. The van der Waals surface area contributed by atoms with Crippen molar-refractivity contribution in [3.63, 3.8) is 0 Å². The molecule has 0 aromatic carbocycles. The average Bonchev–Trinajstić information content (AvgIpc) is 2.78. The van der Waals surface area contributed by atoms with Crippen molar-refractivity contribution in [1.82, 2.24) is 4.98 Å². The van der Waals surface area contributed by atoms with Crippen LogP contribution in [0.1, 0.15) is 35.5 Å². The van der Waals surface area contributed by atoms with Crippen molar-refractivity contribution in [2.75, 3.05) is 13.2 Å². The summed E-state index contributed by atoms with van der Waals surface area (Å²) in [7, 11) is 0. The first-order chi connectivity index (χ1) is 7.68. The van der Waals surface area contributed by atoms with E-state index in [1.165, 1.54) is 11.3 Å². The maximum atomic E-state index is 10.7. The van der Waals surface area contributed by atoms with Gasteiger partial charge in [0.05, 0.1) is 17.3 Å². The highest BCUT2D eigenvalue weighted by Crippen LogP contribution is 2.29. The van der Waals surface area contributed by atoms with Crippen LogP contribution < -0.4 is 5.73 Å². The number of nitrogens with zero attached hydrogens (tertiary/aromatic N) is 1. The van der Waals surface area contributed by atoms with Crippen LogP contribution in [-0.4, -0.2) is 29.3 Å². The third-order valence-corrected chi connectivity index (χ3v) is 3.66. The Morgan fingerprint density at radius 2 is 2.56 bits per heavy atom. The van der Waals surface area contributed by atoms with Crippen LogP contribution in [0.4, 0.5) is 0 Å². The number of ether oxygens (including phenoxy) is 1. The van der Waals surface area contributed by atoms with Crippen LogP contribution in [0.2, 0.25) is 0 Å². The molecule has 1 fully saturated rings. The zero-order valence-electron chi connectivity index (χ0n) is 8.76. The first kappa shape index (κ1) is 11.5. The Labute approximate surface area is 97.2 Å². The van der Waals surface area contributed by atoms with Crippen molar-refractivity contribution < 1.29 is 14.6 Å². The molecule has 3 N–H and O–H groups in total. The number of rotatable bonds is 3. The second-order valence-electron chi connectivity index (χ2n) is 3.84. The molecule has 0 spiro atoms. The fourth-order valence-electron chi connectivity index (χ4n) is 1.69. The Morgan fingerprint density at radius 1 is 1.75 bits per heavy atom. The zero-order valence-corrected chi connectivity index (χ0v) is 9.57. The molecule has 2 rings (SSSR count). The van der Waals surface area contributed by atoms with E-state index in [-0.39, 0.29) is 0 Å². The van der Waals surface area contributed by atoms with E-state index in [4.69, 9.17) is 15.6 Å². The number of thiazole rings is 1. The number of carbonyl (C=O) groups is 1. The molecule has 2 atom stereocenters. The molecule has 1 aliphatic rings. The smallest absolute Gasteiger partial charge is 0.326 e. The summed E-state index contributed by atoms with van der Waals surface area (Å²) in [6.07, 6.45) is 2.08. The zero-order chi connectivity index (χ0) is 11.5. The van der Waals surface area contributed by atoms with Gasteiger partial charge in [0.15, 0.2) is 0 Å². The molecule has 2 unspecified atom stereocenters. The monoisotopic (exact) mass is 242 g/mol. The van der Waals surface area contributed by atoms with E-state index < -0.39 is 12.0 Å². The van der Waals surface area contributed by atoms with Crippen LogP contribution in [-0.2, 0) is 9.53 Å². The molecule has 0 saturated carbocycles. The van der Waals surface area contributed by atoms with E-state index in [9.17, 15) is 4.79 Å². The number of hydrogen-bond donors (Lipinski definition) is 2. The van der Waals surface area contributed by atoms with Gasteiger partial charge in [0.1, 0.15) is 6.04 Å². The average molecular weight is 242 g/mol. The topological polar surface area (TPSA) is 85.4 Å². The summed E-state index contributed by atoms with van der Waals surface area (Å²) in [6.45, 7) is 1.48. The van der Waals surface area contributed by atoms with Crippen molar-refractivity contribution in [2.45, 2.75) is 24.8 Å². The van der Waals surface area contributed by atoms with Gasteiger partial charge in [-0.05, 0) is 12.8 Å². The predicted molar refractivity (Wildman–Crippen MR) is 59.5 cm³/mol. The maximum Gasteiger partial charge on any atom is 0.326 e. The molecule has 6 heteroatoms. The van der Waals surface area contributed by atoms with Gasteiger partial charge in [-0.2, -0.15) is 0 Å². The quantitative estimate of drug-likeness (QED) is 0.829. The Balaban J connectivity index is 2.09. The molecule has 1 saturated heterocycles. The molecule has 5 nitrogen and oxygen atoms in total. The highest BCUT2D eigenvalue weighted by molar-refractivity contribution is 7.09. The second-order valence-corrected chi connectivity index (χ2v) is 4.73. The van der Waals surface area contributed by atoms with Gasteiger partial charge < -0.3 is 15.6 Å². The van der Waals surface area contributed by atoms with Crippen LogP contribution in [0.15, 0.2) is 5.38 Å². The Hall–Kier alpha value is -0.980. The molecule has 1 aromatic heterocycles. The lowest BCUT2D eigenvalue weighted by Crippen LogP contribution is -2.21. The van der Waals surface area contributed by atoms with Crippen molar-refractivity contribution in [1.29, 1.82) is 0 Å². The lowest BCUT2D eigenvalue weighted by molar-refractivity contribution is -0.138. The Kier molecular flexibility index (Phi) is 3.52. The van der Waals surface area contributed by atoms with E-state index >= 15 is 0 Å². The van der Waals surface area contributed by atoms with Gasteiger partial charge in [0, 0.05) is 17.9 Å². The number of hydrogen-bond acceptors (Lipinski definition) is 5. The van der Waals surface area contributed by atoms with Gasteiger partial charge in [0.25, 0.3) is 0 Å². The fraction of sp³-hybridized carbons (Fsp3) is 0.600. The van der Waals surface area contributed by atoms with Crippen LogP contribution in [0, 0.1) is 0 Å². The molecule has 1 aliphatic heterocycles. The molecule has 0 aliphatic carbocycles. The summed E-state index contributed by atoms with van der Waals surface area (Å²) >= 11 is 1.47. The van der Waals surface area contributed by atoms with Gasteiger partial charge in [-0.25, -0.2) is 4.98 Å². The van der Waals surface area contributed by atoms with E-state index in [0.717, 1.165) is 24.5 Å². The van der Waals surface area contributed by atoms with Gasteiger partial charge in [-0.1, -0.05) is 0 Å². The first-order valence-corrected chi connectivity index (χ1v) is 6.08. The van der Waals surface area contributed by atoms with Crippen molar-refractivity contribution in [3.05, 3.63) is 16.1 Å². The third-order valence-electron chi connectivity index (χ3n) is 2.63. The van der Waals surface area contributed by atoms with Crippen LogP contribution in [0.25, 0.3) is 0 Å². The summed E-state index contributed by atoms with van der Waals surface area (Å²) in [5, 5.41) is 11.4. The first-order valence-electron chi connectivity index (χ1n) is 5.20. The van der Waals surface area contributed by atoms with E-state index in [1.807, 2.05) is 0 Å². The van der Waals surface area contributed by atoms with Crippen molar-refractivity contribution in [3.8, 4) is 0 Å². The molecule has 16 heavy (non-hydrogen) atoms. The number of aliphatic carboxylic acids is 1. The normalized spacial score (nSPS) is 22.9. The van der Waals surface area contributed by atoms with Crippen molar-refractivity contribution >= 4 is 17.3 Å². The minimum Gasteiger partial charge on any atom is -0.480 e. The van der Waals surface area contributed by atoms with Crippen LogP contribution in [0.5, 0.6) is 0 Å². The lowest BCUT2D eigenvalue weighted by Gasteiger charge is -2.19. The van der Waals surface area contributed by atoms with E-state index in [1.54, 1.807) is 5.38 Å². The second kappa shape index (κ2) is 4.90. The van der Waals surface area contributed by atoms with Gasteiger partial charge in [-0.15, -0.1) is 11.3 Å². The molecule has 0 amide bonds. The largest absolute Gasteiger partial charge is 0.480 e. The SMILES string of the molecule is NC(C(=O)O)c1csc(C2CCCOC2)n1. The highest BCUT2D eigenvalue weighted by atomic mass is 32.1. The van der Waals surface area contributed by atoms with Crippen molar-refractivity contribution in [2.24, 2.45) is 5.73 Å². The number of carboxylic acid groups (broad SMARTS) is 1. The minimum absolute atomic E-state index is 0.300. The summed E-state index contributed by atoms with van der Waals surface area (Å²) in [4.78, 5) is 15.0. The van der Waals surface area contributed by atoms with Gasteiger partial charge in [0.2, 0.25) is 0 Å². The number of nitrogens with two attached hydrogens (primary N) is 1. The van der Waals surface area contributed by atoms with Crippen LogP contribution >= 0.6 is 11.3 Å². The van der Waals surface area contributed by atoms with Gasteiger partial charge in [-0.3, -0.25) is 4.79 Å². The maximum absolute atomic E-state index is 10.7. The fourth-order valence-corrected chi connectivity index (χ4v) is 2.67. The standard InChI is InChI=1S/C10H14N2O3S/c11-8(10(13)14)7-5-16-9(12-7)6-2-1-3-15-4-6/h5-6,8H,1-4,11H2,(H,13,14). The molecule has 0 radical (unpaired) electrons. The van der Waals surface area contributed by atoms with Crippen LogP contribution in [0.3, 0.4) is 0 Å².